The largest absolute Gasteiger partial charge is 0.478 e. The highest BCUT2D eigenvalue weighted by Gasteiger charge is 2.16. The van der Waals surface area contributed by atoms with E-state index >= 15 is 0 Å². The van der Waals surface area contributed by atoms with Gasteiger partial charge < -0.3 is 5.11 Å². The van der Waals surface area contributed by atoms with Crippen LogP contribution in [0.2, 0.25) is 0 Å². The molecule has 0 bridgehead atoms. The van der Waals surface area contributed by atoms with Gasteiger partial charge in [-0.1, -0.05) is 0 Å². The Morgan fingerprint density at radius 1 is 1.36 bits per heavy atom. The lowest BCUT2D eigenvalue weighted by atomic mass is 10.1. The van der Waals surface area contributed by atoms with Gasteiger partial charge in [-0.15, -0.1) is 11.3 Å². The molecule has 0 radical (unpaired) electrons. The average molecular weight is 315 g/mol. The summed E-state index contributed by atoms with van der Waals surface area (Å²) in [5.41, 5.74) is 0.0161. The third-order valence-electron chi connectivity index (χ3n) is 3.02. The van der Waals surface area contributed by atoms with E-state index < -0.39 is 10.9 Å². The minimum Gasteiger partial charge on any atom is -0.478 e. The van der Waals surface area contributed by atoms with Crippen molar-refractivity contribution < 1.29 is 14.8 Å². The summed E-state index contributed by atoms with van der Waals surface area (Å²) in [4.78, 5) is 30.0. The molecule has 0 fully saturated rings. The van der Waals surface area contributed by atoms with Crippen LogP contribution in [0, 0.1) is 10.1 Å². The molecule has 1 aliphatic heterocycles. The van der Waals surface area contributed by atoms with Crippen molar-refractivity contribution in [2.24, 2.45) is 4.99 Å². The molecule has 0 saturated carbocycles. The minimum absolute atomic E-state index is 0.135. The number of aliphatic imine (C=N–C) groups is 1. The van der Waals surface area contributed by atoms with Crippen LogP contribution in [-0.4, -0.2) is 33.7 Å². The van der Waals surface area contributed by atoms with Crippen molar-refractivity contribution in [1.82, 2.24) is 4.98 Å². The Balaban J connectivity index is 2.20. The van der Waals surface area contributed by atoms with Crippen LogP contribution in [0.1, 0.15) is 10.4 Å². The second-order valence-electron chi connectivity index (χ2n) is 4.48. The van der Waals surface area contributed by atoms with Gasteiger partial charge in [0.2, 0.25) is 0 Å². The molecule has 0 saturated heterocycles. The summed E-state index contributed by atoms with van der Waals surface area (Å²) in [6.07, 6.45) is 5.32. The number of carboxylic acids is 1. The molecular formula is C14H9N3O4S. The van der Waals surface area contributed by atoms with Crippen molar-refractivity contribution in [3.8, 4) is 10.6 Å². The average Bonchev–Trinajstić information content (AvgIpc) is 2.78. The maximum absolute atomic E-state index is 11.1. The molecule has 7 nitrogen and oxygen atoms in total. The number of nitrogens with zero attached hydrogens (tertiary/aromatic N) is 3. The number of aromatic nitrogens is 1. The number of rotatable bonds is 3. The summed E-state index contributed by atoms with van der Waals surface area (Å²) in [5.74, 6) is -1.21. The molecule has 0 unspecified atom stereocenters. The lowest BCUT2D eigenvalue weighted by molar-refractivity contribution is -0.384. The fourth-order valence-electron chi connectivity index (χ4n) is 2.02. The molecule has 0 aliphatic carbocycles. The van der Waals surface area contributed by atoms with Gasteiger partial charge in [0.1, 0.15) is 5.01 Å². The Bertz CT molecular complexity index is 898. The van der Waals surface area contributed by atoms with Gasteiger partial charge >= 0.3 is 5.97 Å². The zero-order chi connectivity index (χ0) is 15.7. The first kappa shape index (κ1) is 14.1. The van der Waals surface area contributed by atoms with Gasteiger partial charge in [0, 0.05) is 23.9 Å². The predicted octanol–water partition coefficient (Wildman–Crippen LogP) is 1.06. The highest BCUT2D eigenvalue weighted by molar-refractivity contribution is 7.13. The molecular weight excluding hydrogens is 306 g/mol. The van der Waals surface area contributed by atoms with E-state index in [0.717, 1.165) is 15.9 Å². The van der Waals surface area contributed by atoms with E-state index in [2.05, 4.69) is 9.98 Å². The van der Waals surface area contributed by atoms with Gasteiger partial charge in [-0.05, 0) is 18.2 Å². The van der Waals surface area contributed by atoms with Gasteiger partial charge in [0.25, 0.3) is 5.69 Å². The molecule has 0 amide bonds. The van der Waals surface area contributed by atoms with Crippen LogP contribution in [0.4, 0.5) is 5.69 Å². The van der Waals surface area contributed by atoms with Gasteiger partial charge in [-0.25, -0.2) is 9.78 Å². The summed E-state index contributed by atoms with van der Waals surface area (Å²) >= 11 is 1.35. The lowest BCUT2D eigenvalue weighted by Gasteiger charge is -2.00. The van der Waals surface area contributed by atoms with Gasteiger partial charge in [0.15, 0.2) is 0 Å². The van der Waals surface area contributed by atoms with Crippen molar-refractivity contribution in [3.05, 3.63) is 43.8 Å². The molecule has 1 N–H and O–H groups in total. The summed E-state index contributed by atoms with van der Waals surface area (Å²) in [6.45, 7) is 0.542. The third-order valence-corrected chi connectivity index (χ3v) is 4.14. The second kappa shape index (κ2) is 5.49. The Kier molecular flexibility index (Phi) is 3.51. The standard InChI is InChI=1S/C14H9N3O4S/c18-14(19)9-5-8(6-10(7-9)17(20)21)13-16-11-1-3-15-4-2-12(11)22-13/h1-3,5-7H,4H2,(H,18,19). The molecule has 8 heteroatoms. The van der Waals surface area contributed by atoms with Crippen LogP contribution in [0.3, 0.4) is 0 Å². The zero-order valence-corrected chi connectivity index (χ0v) is 11.9. The van der Waals surface area contributed by atoms with Crippen molar-refractivity contribution in [1.29, 1.82) is 0 Å². The van der Waals surface area contributed by atoms with E-state index in [4.69, 9.17) is 5.11 Å². The number of non-ortho nitro benzene ring substituents is 1. The molecule has 0 atom stereocenters. The van der Waals surface area contributed by atoms with E-state index in [9.17, 15) is 14.9 Å². The van der Waals surface area contributed by atoms with Crippen LogP contribution in [0.25, 0.3) is 22.7 Å². The molecule has 3 rings (SSSR count). The number of fused-ring (bicyclic) bond motifs is 1. The summed E-state index contributed by atoms with van der Waals surface area (Å²) in [6, 6.07) is 3.76. The maximum atomic E-state index is 11.1. The summed E-state index contributed by atoms with van der Waals surface area (Å²) < 4.78 is 0.913. The van der Waals surface area contributed by atoms with Crippen molar-refractivity contribution in [2.45, 2.75) is 0 Å². The van der Waals surface area contributed by atoms with Crippen LogP contribution in [0.15, 0.2) is 23.2 Å². The smallest absolute Gasteiger partial charge is 0.335 e. The normalized spacial score (nSPS) is 12.7. The molecule has 22 heavy (non-hydrogen) atoms. The first-order chi connectivity index (χ1) is 10.5. The molecule has 0 spiro atoms. The van der Waals surface area contributed by atoms with E-state index in [-0.39, 0.29) is 11.3 Å². The quantitative estimate of drug-likeness (QED) is 0.673. The van der Waals surface area contributed by atoms with E-state index in [1.54, 1.807) is 12.3 Å². The fraction of sp³-hybridized carbons (Fsp3) is 0.0714. The number of carbonyl (C=O) groups is 1. The second-order valence-corrected chi connectivity index (χ2v) is 5.51. The monoisotopic (exact) mass is 315 g/mol. The Hall–Kier alpha value is -2.87. The minimum atomic E-state index is -1.21. The number of carboxylic acid groups (broad SMARTS) is 1. The van der Waals surface area contributed by atoms with E-state index in [0.29, 0.717) is 17.1 Å². The van der Waals surface area contributed by atoms with E-state index in [1.165, 1.54) is 23.5 Å². The Labute approximate surface area is 127 Å². The van der Waals surface area contributed by atoms with Gasteiger partial charge in [-0.3, -0.25) is 15.1 Å². The molecule has 2 heterocycles. The number of benzene rings is 1. The highest BCUT2D eigenvalue weighted by atomic mass is 32.1. The number of aromatic carboxylic acids is 1. The van der Waals surface area contributed by atoms with Crippen LogP contribution >= 0.6 is 11.3 Å². The number of nitro groups is 1. The number of hydrogen-bond acceptors (Lipinski definition) is 6. The van der Waals surface area contributed by atoms with Crippen LogP contribution in [0.5, 0.6) is 0 Å². The summed E-state index contributed by atoms with van der Waals surface area (Å²) in [7, 11) is 0. The predicted molar refractivity (Wildman–Crippen MR) is 82.7 cm³/mol. The van der Waals surface area contributed by atoms with Crippen LogP contribution in [-0.2, 0) is 0 Å². The Morgan fingerprint density at radius 3 is 2.91 bits per heavy atom. The number of thiazole rings is 1. The SMILES string of the molecule is O=C(O)c1cc(-c2nc3c(s2)=CCN=CC=3)cc([N+](=O)[O-])c1. The van der Waals surface area contributed by atoms with Crippen LogP contribution < -0.4 is 9.88 Å². The first-order valence-electron chi connectivity index (χ1n) is 6.25. The van der Waals surface area contributed by atoms with Crippen molar-refractivity contribution >= 4 is 41.4 Å². The molecule has 2 aromatic rings. The first-order valence-corrected chi connectivity index (χ1v) is 7.06. The number of hydrogen-bond donors (Lipinski definition) is 1. The zero-order valence-electron chi connectivity index (χ0n) is 11.1. The highest BCUT2D eigenvalue weighted by Crippen LogP contribution is 2.25. The molecule has 1 aromatic heterocycles. The molecule has 1 aliphatic rings. The molecule has 110 valence electrons. The van der Waals surface area contributed by atoms with Gasteiger partial charge in [0.05, 0.1) is 26.9 Å². The maximum Gasteiger partial charge on any atom is 0.335 e. The van der Waals surface area contributed by atoms with Crippen molar-refractivity contribution in [3.63, 3.8) is 0 Å². The van der Waals surface area contributed by atoms with Gasteiger partial charge in [-0.2, -0.15) is 0 Å². The summed E-state index contributed by atoms with van der Waals surface area (Å²) in [5, 5.41) is 21.3. The van der Waals surface area contributed by atoms with Crippen molar-refractivity contribution in [2.75, 3.05) is 6.54 Å². The lowest BCUT2D eigenvalue weighted by Crippen LogP contribution is -2.20. The number of nitro benzene ring substituents is 1. The third kappa shape index (κ3) is 2.63. The fourth-order valence-corrected chi connectivity index (χ4v) is 2.98. The van der Waals surface area contributed by atoms with E-state index in [1.807, 2.05) is 6.08 Å². The topological polar surface area (TPSA) is 106 Å². The molecule has 1 aromatic carbocycles. The Morgan fingerprint density at radius 2 is 2.18 bits per heavy atom.